The molecule has 0 amide bonds. The van der Waals surface area contributed by atoms with E-state index in [9.17, 15) is 0 Å². The lowest BCUT2D eigenvalue weighted by Gasteiger charge is -2.09. The van der Waals surface area contributed by atoms with Gasteiger partial charge in [-0.2, -0.15) is 0 Å². The molecule has 11 aromatic rings. The van der Waals surface area contributed by atoms with Crippen molar-refractivity contribution >= 4 is 97.1 Å². The Morgan fingerprint density at radius 3 is 1.94 bits per heavy atom. The molecular weight excluding hydrogens is 605 g/mol. The van der Waals surface area contributed by atoms with E-state index in [0.717, 1.165) is 49.4 Å². The molecule has 0 aliphatic rings. The van der Waals surface area contributed by atoms with Crippen LogP contribution in [0.3, 0.4) is 0 Å². The maximum absolute atomic E-state index is 6.34. The largest absolute Gasteiger partial charge is 0.436 e. The monoisotopic (exact) mass is 628 g/mol. The molecule has 8 aromatic carbocycles. The Kier molecular flexibility index (Phi) is 5.26. The normalized spacial score (nSPS) is 12.2. The molecule has 4 heteroatoms. The van der Waals surface area contributed by atoms with Crippen LogP contribution in [-0.2, 0) is 0 Å². The Bertz CT molecular complexity index is 3130. The molecule has 0 atom stereocenters. The van der Waals surface area contributed by atoms with Crippen molar-refractivity contribution in [1.82, 2.24) is 9.97 Å². The first-order valence-corrected chi connectivity index (χ1v) is 17.0. The molecule has 0 saturated heterocycles. The minimum atomic E-state index is 0.563. The lowest BCUT2D eigenvalue weighted by atomic mass is 9.96. The van der Waals surface area contributed by atoms with Crippen LogP contribution in [0.2, 0.25) is 0 Å². The lowest BCUT2D eigenvalue weighted by Crippen LogP contribution is -1.89. The fourth-order valence-electron chi connectivity index (χ4n) is 7.64. The summed E-state index contributed by atoms with van der Waals surface area (Å²) in [6.07, 6.45) is 0. The highest BCUT2D eigenvalue weighted by atomic mass is 32.1. The second-order valence-electron chi connectivity index (χ2n) is 12.5. The zero-order chi connectivity index (χ0) is 31.3. The first kappa shape index (κ1) is 26.0. The molecule has 48 heavy (non-hydrogen) atoms. The fraction of sp³-hybridized carbons (Fsp3) is 0. The number of hydrogen-bond acceptors (Lipinski definition) is 4. The third-order valence-electron chi connectivity index (χ3n) is 9.85. The molecule has 0 aliphatic carbocycles. The van der Waals surface area contributed by atoms with Crippen molar-refractivity contribution in [3.05, 3.63) is 146 Å². The average molecular weight is 629 g/mol. The van der Waals surface area contributed by atoms with Gasteiger partial charge >= 0.3 is 0 Å². The predicted octanol–water partition coefficient (Wildman–Crippen LogP) is 12.7. The fourth-order valence-corrected chi connectivity index (χ4v) is 8.89. The highest BCUT2D eigenvalue weighted by Crippen LogP contribution is 2.44. The highest BCUT2D eigenvalue weighted by molar-refractivity contribution is 7.26. The Balaban J connectivity index is 1.09. The van der Waals surface area contributed by atoms with Gasteiger partial charge in [-0.05, 0) is 68.1 Å². The molecule has 0 radical (unpaired) electrons. The quantitative estimate of drug-likeness (QED) is 0.179. The van der Waals surface area contributed by atoms with Gasteiger partial charge in [0.1, 0.15) is 16.6 Å². The maximum atomic E-state index is 6.34. The molecule has 3 nitrogen and oxygen atoms in total. The predicted molar refractivity (Wildman–Crippen MR) is 203 cm³/mol. The van der Waals surface area contributed by atoms with Gasteiger partial charge in [0.05, 0.1) is 5.52 Å². The van der Waals surface area contributed by atoms with E-state index >= 15 is 0 Å². The number of thiophene rings is 1. The topological polar surface area (TPSA) is 38.9 Å². The van der Waals surface area contributed by atoms with Crippen LogP contribution in [0.1, 0.15) is 0 Å². The van der Waals surface area contributed by atoms with Gasteiger partial charge < -0.3 is 4.42 Å². The summed E-state index contributed by atoms with van der Waals surface area (Å²) in [5.74, 6) is 0. The van der Waals surface area contributed by atoms with E-state index < -0.39 is 0 Å². The van der Waals surface area contributed by atoms with Crippen LogP contribution < -0.4 is 0 Å². The third-order valence-corrected chi connectivity index (χ3v) is 11.1. The molecule has 0 spiro atoms. The van der Waals surface area contributed by atoms with Crippen molar-refractivity contribution in [1.29, 1.82) is 0 Å². The van der Waals surface area contributed by atoms with Gasteiger partial charge in [-0.15, -0.1) is 11.3 Å². The zero-order valence-corrected chi connectivity index (χ0v) is 26.4. The summed E-state index contributed by atoms with van der Waals surface area (Å²) in [4.78, 5) is 10.4. The van der Waals surface area contributed by atoms with Crippen LogP contribution in [0.4, 0.5) is 0 Å². The third kappa shape index (κ3) is 3.63. The molecule has 0 fully saturated rings. The first-order chi connectivity index (χ1) is 23.8. The van der Waals surface area contributed by atoms with Gasteiger partial charge in [-0.3, -0.25) is 0 Å². The van der Waals surface area contributed by atoms with Crippen molar-refractivity contribution in [2.24, 2.45) is 0 Å². The number of rotatable bonds is 2. The number of aromatic nitrogens is 2. The van der Waals surface area contributed by atoms with Crippen LogP contribution in [0, 0.1) is 0 Å². The van der Waals surface area contributed by atoms with Crippen LogP contribution in [0.5, 0.6) is 0 Å². The Hall–Kier alpha value is -6.10. The van der Waals surface area contributed by atoms with Crippen LogP contribution >= 0.6 is 11.3 Å². The van der Waals surface area contributed by atoms with Gasteiger partial charge in [-0.1, -0.05) is 121 Å². The smallest absolute Gasteiger partial charge is 0.246 e. The number of furan rings is 1. The van der Waals surface area contributed by atoms with Crippen LogP contribution in [0.25, 0.3) is 108 Å². The number of benzene rings is 8. The zero-order valence-electron chi connectivity index (χ0n) is 25.6. The second-order valence-corrected chi connectivity index (χ2v) is 13.6. The molecule has 0 N–H and O–H groups in total. The van der Waals surface area contributed by atoms with Gasteiger partial charge in [0.25, 0.3) is 0 Å². The molecule has 222 valence electrons. The number of nitrogens with zero attached hydrogens (tertiary/aromatic N) is 2. The average Bonchev–Trinajstić information content (AvgIpc) is 3.72. The van der Waals surface area contributed by atoms with E-state index in [2.05, 4.69) is 146 Å². The van der Waals surface area contributed by atoms with Crippen molar-refractivity contribution in [2.75, 3.05) is 0 Å². The summed E-state index contributed by atoms with van der Waals surface area (Å²) in [6, 6.07) is 52.1. The molecule has 0 unspecified atom stereocenters. The minimum absolute atomic E-state index is 0.563. The molecule has 11 rings (SSSR count). The molecule has 0 aliphatic heterocycles. The minimum Gasteiger partial charge on any atom is -0.436 e. The van der Waals surface area contributed by atoms with Crippen molar-refractivity contribution < 1.29 is 4.42 Å². The van der Waals surface area contributed by atoms with Crippen molar-refractivity contribution in [3.63, 3.8) is 0 Å². The van der Waals surface area contributed by atoms with E-state index in [0.29, 0.717) is 5.71 Å². The summed E-state index contributed by atoms with van der Waals surface area (Å²) in [6.45, 7) is 0. The standard InChI is InChI=1S/C44H24N2OS/c1-2-12-29-25(9-1)20-22-38-39(29)35-18-8-17-30(43(35)48-38)28-11-7-10-26(23-28)27-19-21-37-36(24-27)42-44(47-37)46-41-34-16-6-4-14-32(34)31-13-3-5-15-33(31)40(41)45-42/h1-24H. The molecule has 0 bridgehead atoms. The number of fused-ring (bicyclic) bond motifs is 14. The van der Waals surface area contributed by atoms with Gasteiger partial charge in [0.15, 0.2) is 0 Å². The molecule has 3 heterocycles. The van der Waals surface area contributed by atoms with Gasteiger partial charge in [-0.25, -0.2) is 9.97 Å². The Morgan fingerprint density at radius 1 is 0.438 bits per heavy atom. The summed E-state index contributed by atoms with van der Waals surface area (Å²) < 4.78 is 8.98. The van der Waals surface area contributed by atoms with E-state index in [1.54, 1.807) is 0 Å². The summed E-state index contributed by atoms with van der Waals surface area (Å²) in [5, 5.41) is 10.8. The van der Waals surface area contributed by atoms with Crippen molar-refractivity contribution in [3.8, 4) is 22.3 Å². The second kappa shape index (κ2) is 9.71. The SMILES string of the molecule is c1cc(-c2ccc3oc4nc5c6ccccc6c6ccccc6c5nc4c3c2)cc(-c2cccc3c2sc2ccc4ccccc4c23)c1. The first-order valence-electron chi connectivity index (χ1n) is 16.2. The van der Waals surface area contributed by atoms with Crippen LogP contribution in [-0.4, -0.2) is 9.97 Å². The molecule has 3 aromatic heterocycles. The van der Waals surface area contributed by atoms with Crippen molar-refractivity contribution in [2.45, 2.75) is 0 Å². The van der Waals surface area contributed by atoms with Crippen LogP contribution in [0.15, 0.2) is 150 Å². The number of hydrogen-bond donors (Lipinski definition) is 0. The van der Waals surface area contributed by atoms with E-state index in [-0.39, 0.29) is 0 Å². The lowest BCUT2D eigenvalue weighted by molar-refractivity contribution is 0.655. The van der Waals surface area contributed by atoms with Gasteiger partial charge in [0, 0.05) is 36.3 Å². The maximum Gasteiger partial charge on any atom is 0.246 e. The van der Waals surface area contributed by atoms with E-state index in [1.807, 2.05) is 11.3 Å². The summed E-state index contributed by atoms with van der Waals surface area (Å²) in [5.41, 5.74) is 8.64. The van der Waals surface area contributed by atoms with E-state index in [1.165, 1.54) is 52.8 Å². The van der Waals surface area contributed by atoms with E-state index in [4.69, 9.17) is 14.4 Å². The molecular formula is C44H24N2OS. The highest BCUT2D eigenvalue weighted by Gasteiger charge is 2.18. The summed E-state index contributed by atoms with van der Waals surface area (Å²) >= 11 is 1.88. The molecule has 0 saturated carbocycles. The Morgan fingerprint density at radius 2 is 1.10 bits per heavy atom. The Labute approximate surface area is 278 Å². The summed E-state index contributed by atoms with van der Waals surface area (Å²) in [7, 11) is 0. The van der Waals surface area contributed by atoms with Gasteiger partial charge in [0.2, 0.25) is 5.71 Å².